The van der Waals surface area contributed by atoms with Crippen LogP contribution in [0.15, 0.2) is 71.2 Å². The number of sulfone groups is 1. The van der Waals surface area contributed by atoms with Crippen LogP contribution in [0.4, 0.5) is 5.69 Å². The summed E-state index contributed by atoms with van der Waals surface area (Å²) in [6, 6.07) is 14.6. The van der Waals surface area contributed by atoms with Crippen molar-refractivity contribution in [3.8, 4) is 0 Å². The minimum atomic E-state index is -3.59. The number of benzene rings is 2. The van der Waals surface area contributed by atoms with Gasteiger partial charge in [-0.15, -0.1) is 16.8 Å². The number of hydrogen-bond acceptors (Lipinski definition) is 6. The van der Waals surface area contributed by atoms with Crippen molar-refractivity contribution in [1.29, 1.82) is 0 Å². The first-order valence-corrected chi connectivity index (χ1v) is 13.8. The van der Waals surface area contributed by atoms with Crippen LogP contribution in [0, 0.1) is 6.92 Å². The first kappa shape index (κ1) is 25.7. The molecule has 0 aliphatic heterocycles. The second-order valence-corrected chi connectivity index (χ2v) is 10.9. The molecule has 0 radical (unpaired) electrons. The van der Waals surface area contributed by atoms with Crippen LogP contribution in [-0.4, -0.2) is 34.8 Å². The van der Waals surface area contributed by atoms with Crippen molar-refractivity contribution >= 4 is 33.2 Å². The number of carbonyl (C=O) groups is 1. The van der Waals surface area contributed by atoms with Gasteiger partial charge in [0.15, 0.2) is 15.0 Å². The van der Waals surface area contributed by atoms with Gasteiger partial charge in [0.05, 0.1) is 10.6 Å². The van der Waals surface area contributed by atoms with Gasteiger partial charge in [0, 0.05) is 12.2 Å². The number of aryl methyl sites for hydroxylation is 2. The highest BCUT2D eigenvalue weighted by Gasteiger charge is 2.21. The molecular weight excluding hydrogens is 468 g/mol. The molecule has 0 spiro atoms. The number of anilines is 1. The number of hydrogen-bond donors (Lipinski definition) is 1. The predicted octanol–water partition coefficient (Wildman–Crippen LogP) is 4.82. The molecule has 0 aliphatic rings. The summed E-state index contributed by atoms with van der Waals surface area (Å²) >= 11 is 1.21. The summed E-state index contributed by atoms with van der Waals surface area (Å²) in [5.74, 6) is -0.0228. The van der Waals surface area contributed by atoms with Gasteiger partial charge in [0.25, 0.3) is 0 Å². The smallest absolute Gasteiger partial charge is 0.234 e. The average Bonchev–Trinajstić information content (AvgIpc) is 3.18. The molecular formula is C25H30N4O3S2. The van der Waals surface area contributed by atoms with E-state index in [1.807, 2.05) is 31.2 Å². The summed E-state index contributed by atoms with van der Waals surface area (Å²) in [6.45, 7) is 8.15. The number of nitrogens with one attached hydrogen (secondary N) is 1. The summed E-state index contributed by atoms with van der Waals surface area (Å²) < 4.78 is 27.4. The fourth-order valence-electron chi connectivity index (χ4n) is 3.31. The SMILES string of the molecule is C=CCn1c(CS(=O)(=O)c2ccc(C)cc2)nnc1SCC(=O)Nc1ccc(CCCC)cc1. The van der Waals surface area contributed by atoms with Crippen molar-refractivity contribution in [1.82, 2.24) is 14.8 Å². The Morgan fingerprint density at radius 2 is 1.82 bits per heavy atom. The number of unbranched alkanes of at least 4 members (excludes halogenated alkanes) is 1. The molecule has 180 valence electrons. The summed E-state index contributed by atoms with van der Waals surface area (Å²) in [5, 5.41) is 11.6. The van der Waals surface area contributed by atoms with Crippen molar-refractivity contribution in [2.24, 2.45) is 0 Å². The Balaban J connectivity index is 1.64. The van der Waals surface area contributed by atoms with E-state index in [0.29, 0.717) is 17.5 Å². The number of rotatable bonds is 12. The van der Waals surface area contributed by atoms with Crippen LogP contribution in [-0.2, 0) is 33.4 Å². The fourth-order valence-corrected chi connectivity index (χ4v) is 5.34. The molecule has 1 N–H and O–H groups in total. The van der Waals surface area contributed by atoms with Gasteiger partial charge < -0.3 is 9.88 Å². The molecule has 2 aromatic carbocycles. The highest BCUT2D eigenvalue weighted by molar-refractivity contribution is 7.99. The molecule has 34 heavy (non-hydrogen) atoms. The molecule has 3 rings (SSSR count). The maximum atomic E-state index is 12.9. The van der Waals surface area contributed by atoms with E-state index in [-0.39, 0.29) is 22.3 Å². The van der Waals surface area contributed by atoms with Crippen molar-refractivity contribution in [2.75, 3.05) is 11.1 Å². The number of allylic oxidation sites excluding steroid dienone is 1. The van der Waals surface area contributed by atoms with Gasteiger partial charge >= 0.3 is 0 Å². The maximum absolute atomic E-state index is 12.9. The quantitative estimate of drug-likeness (QED) is 0.284. The van der Waals surface area contributed by atoms with Crippen molar-refractivity contribution < 1.29 is 13.2 Å². The Kier molecular flexibility index (Phi) is 9.06. The van der Waals surface area contributed by atoms with Crippen molar-refractivity contribution in [3.05, 3.63) is 78.1 Å². The van der Waals surface area contributed by atoms with Crippen LogP contribution >= 0.6 is 11.8 Å². The van der Waals surface area contributed by atoms with Gasteiger partial charge in [0.1, 0.15) is 11.6 Å². The minimum absolute atomic E-state index is 0.123. The largest absolute Gasteiger partial charge is 0.325 e. The lowest BCUT2D eigenvalue weighted by Crippen LogP contribution is -2.15. The van der Waals surface area contributed by atoms with E-state index >= 15 is 0 Å². The highest BCUT2D eigenvalue weighted by atomic mass is 32.2. The molecule has 0 fully saturated rings. The monoisotopic (exact) mass is 498 g/mol. The molecule has 0 aliphatic carbocycles. The van der Waals surface area contributed by atoms with Crippen molar-refractivity contribution in [3.63, 3.8) is 0 Å². The lowest BCUT2D eigenvalue weighted by molar-refractivity contribution is -0.113. The number of thioether (sulfide) groups is 1. The molecule has 0 unspecified atom stereocenters. The Hall–Kier alpha value is -2.91. The van der Waals surface area contributed by atoms with E-state index in [1.165, 1.54) is 17.3 Å². The summed E-state index contributed by atoms with van der Waals surface area (Å²) in [4.78, 5) is 12.7. The average molecular weight is 499 g/mol. The Morgan fingerprint density at radius 1 is 1.12 bits per heavy atom. The Morgan fingerprint density at radius 3 is 2.47 bits per heavy atom. The van der Waals surface area contributed by atoms with Crippen LogP contribution < -0.4 is 5.32 Å². The predicted molar refractivity (Wildman–Crippen MR) is 137 cm³/mol. The van der Waals surface area contributed by atoms with Crippen LogP contribution in [0.3, 0.4) is 0 Å². The van der Waals surface area contributed by atoms with Crippen LogP contribution in [0.1, 0.15) is 36.7 Å². The highest BCUT2D eigenvalue weighted by Crippen LogP contribution is 2.22. The molecule has 7 nitrogen and oxygen atoms in total. The van der Waals surface area contributed by atoms with E-state index in [2.05, 4.69) is 29.0 Å². The van der Waals surface area contributed by atoms with Gasteiger partial charge in [0.2, 0.25) is 5.91 Å². The molecule has 0 bridgehead atoms. The van der Waals surface area contributed by atoms with Crippen molar-refractivity contribution in [2.45, 2.75) is 55.5 Å². The van der Waals surface area contributed by atoms with E-state index in [9.17, 15) is 13.2 Å². The topological polar surface area (TPSA) is 93.9 Å². The third kappa shape index (κ3) is 7.04. The minimum Gasteiger partial charge on any atom is -0.325 e. The first-order valence-electron chi connectivity index (χ1n) is 11.2. The number of nitrogens with zero attached hydrogens (tertiary/aromatic N) is 3. The molecule has 0 saturated heterocycles. The molecule has 1 aromatic heterocycles. The Bertz CT molecular complexity index is 1220. The summed E-state index contributed by atoms with van der Waals surface area (Å²) in [6.07, 6.45) is 4.96. The number of aromatic nitrogens is 3. The van der Waals surface area contributed by atoms with E-state index in [4.69, 9.17) is 0 Å². The molecule has 1 amide bonds. The third-order valence-electron chi connectivity index (χ3n) is 5.19. The lowest BCUT2D eigenvalue weighted by atomic mass is 10.1. The zero-order valence-corrected chi connectivity index (χ0v) is 21.2. The standard InChI is InChI=1S/C25H30N4O3S2/c1-4-6-7-20-10-12-21(13-11-20)26-24(30)17-33-25-28-27-23(29(25)16-5-2)18-34(31,32)22-14-8-19(3)9-15-22/h5,8-15H,2,4,6-7,16-18H2,1,3H3,(H,26,30). The van der Waals surface area contributed by atoms with Crippen LogP contribution in [0.25, 0.3) is 0 Å². The van der Waals surface area contributed by atoms with E-state index in [0.717, 1.165) is 30.5 Å². The normalized spacial score (nSPS) is 11.4. The molecule has 1 heterocycles. The van der Waals surface area contributed by atoms with Gasteiger partial charge in [-0.3, -0.25) is 4.79 Å². The maximum Gasteiger partial charge on any atom is 0.234 e. The fraction of sp³-hybridized carbons (Fsp3) is 0.320. The first-order chi connectivity index (χ1) is 16.3. The molecule has 3 aromatic rings. The zero-order valence-electron chi connectivity index (χ0n) is 19.5. The van der Waals surface area contributed by atoms with E-state index in [1.54, 1.807) is 34.9 Å². The second-order valence-electron chi connectivity index (χ2n) is 8.01. The lowest BCUT2D eigenvalue weighted by Gasteiger charge is -2.09. The van der Waals surface area contributed by atoms with Gasteiger partial charge in [-0.05, 0) is 49.6 Å². The van der Waals surface area contributed by atoms with Crippen LogP contribution in [0.5, 0.6) is 0 Å². The number of amides is 1. The molecule has 0 saturated carbocycles. The zero-order chi connectivity index (χ0) is 24.6. The van der Waals surface area contributed by atoms with Gasteiger partial charge in [-0.1, -0.05) is 61.0 Å². The van der Waals surface area contributed by atoms with E-state index < -0.39 is 9.84 Å². The molecule has 0 atom stereocenters. The third-order valence-corrected chi connectivity index (χ3v) is 7.79. The second kappa shape index (κ2) is 12.0. The number of carbonyl (C=O) groups excluding carboxylic acids is 1. The molecule has 9 heteroatoms. The summed E-state index contributed by atoms with van der Waals surface area (Å²) in [5.41, 5.74) is 2.97. The summed E-state index contributed by atoms with van der Waals surface area (Å²) in [7, 11) is -3.59. The Labute approximate surface area is 205 Å². The van der Waals surface area contributed by atoms with Crippen LogP contribution in [0.2, 0.25) is 0 Å². The van der Waals surface area contributed by atoms with Gasteiger partial charge in [-0.2, -0.15) is 0 Å². The van der Waals surface area contributed by atoms with Gasteiger partial charge in [-0.25, -0.2) is 8.42 Å².